The van der Waals surface area contributed by atoms with E-state index in [-0.39, 0.29) is 5.56 Å². The largest absolute Gasteiger partial charge is 0.478 e. The topological polar surface area (TPSA) is 71.4 Å². The highest BCUT2D eigenvalue weighted by atomic mass is 35.7. The van der Waals surface area contributed by atoms with E-state index in [9.17, 15) is 17.6 Å². The average molecular weight is 253 g/mol. The Morgan fingerprint density at radius 1 is 1.47 bits per heavy atom. The van der Waals surface area contributed by atoms with E-state index in [0.717, 1.165) is 19.1 Å². The molecule has 15 heavy (non-hydrogen) atoms. The first-order chi connectivity index (χ1) is 6.75. The highest BCUT2D eigenvalue weighted by molar-refractivity contribution is 8.13. The minimum atomic E-state index is -4.28. The van der Waals surface area contributed by atoms with Gasteiger partial charge >= 0.3 is 5.97 Å². The van der Waals surface area contributed by atoms with Crippen molar-refractivity contribution in [1.82, 2.24) is 0 Å². The van der Waals surface area contributed by atoms with Crippen LogP contribution in [0.2, 0.25) is 0 Å². The van der Waals surface area contributed by atoms with Gasteiger partial charge in [0.05, 0.1) is 5.56 Å². The van der Waals surface area contributed by atoms with Gasteiger partial charge in [0.15, 0.2) is 0 Å². The third kappa shape index (κ3) is 2.27. The molecule has 4 nitrogen and oxygen atoms in total. The third-order valence-corrected chi connectivity index (χ3v) is 3.29. The van der Waals surface area contributed by atoms with E-state index in [1.807, 2.05) is 0 Å². The standard InChI is InChI=1S/C8H6ClFO4S/c1-4-6(10)3-2-5(8(11)12)7(4)15(9,13)14/h2-3H,1H3,(H,11,12). The Balaban J connectivity index is 3.72. The SMILES string of the molecule is Cc1c(F)ccc(C(=O)O)c1S(=O)(=O)Cl. The van der Waals surface area contributed by atoms with Crippen molar-refractivity contribution in [1.29, 1.82) is 0 Å². The van der Waals surface area contributed by atoms with E-state index in [1.54, 1.807) is 0 Å². The van der Waals surface area contributed by atoms with Crippen LogP contribution in [0.1, 0.15) is 15.9 Å². The number of halogens is 2. The van der Waals surface area contributed by atoms with Crippen LogP contribution in [0.25, 0.3) is 0 Å². The van der Waals surface area contributed by atoms with Crippen molar-refractivity contribution in [2.45, 2.75) is 11.8 Å². The summed E-state index contributed by atoms with van der Waals surface area (Å²) in [6, 6.07) is 1.74. The Bertz CT molecular complexity index is 524. The monoisotopic (exact) mass is 252 g/mol. The van der Waals surface area contributed by atoms with E-state index in [1.165, 1.54) is 0 Å². The molecule has 1 N–H and O–H groups in total. The molecule has 0 heterocycles. The zero-order valence-electron chi connectivity index (χ0n) is 7.49. The lowest BCUT2D eigenvalue weighted by Crippen LogP contribution is -2.08. The Morgan fingerprint density at radius 3 is 2.40 bits per heavy atom. The smallest absolute Gasteiger partial charge is 0.337 e. The van der Waals surface area contributed by atoms with Gasteiger partial charge < -0.3 is 5.11 Å². The predicted molar refractivity (Wildman–Crippen MR) is 51.1 cm³/mol. The van der Waals surface area contributed by atoms with E-state index in [0.29, 0.717) is 0 Å². The van der Waals surface area contributed by atoms with Gasteiger partial charge in [-0.1, -0.05) is 0 Å². The predicted octanol–water partition coefficient (Wildman–Crippen LogP) is 1.76. The molecule has 0 aromatic heterocycles. The van der Waals surface area contributed by atoms with Gasteiger partial charge in [0.25, 0.3) is 9.05 Å². The molecule has 1 aromatic carbocycles. The van der Waals surface area contributed by atoms with Gasteiger partial charge in [-0.2, -0.15) is 0 Å². The second-order valence-electron chi connectivity index (χ2n) is 2.79. The molecule has 0 amide bonds. The number of hydrogen-bond acceptors (Lipinski definition) is 3. The molecule has 0 fully saturated rings. The van der Waals surface area contributed by atoms with Gasteiger partial charge in [-0.15, -0.1) is 0 Å². The van der Waals surface area contributed by atoms with Crippen LogP contribution in [-0.4, -0.2) is 19.5 Å². The fraction of sp³-hybridized carbons (Fsp3) is 0.125. The van der Waals surface area contributed by atoms with Crippen LogP contribution in [0.5, 0.6) is 0 Å². The highest BCUT2D eigenvalue weighted by Crippen LogP contribution is 2.26. The lowest BCUT2D eigenvalue weighted by atomic mass is 10.1. The molecule has 0 aliphatic rings. The van der Waals surface area contributed by atoms with Gasteiger partial charge in [0.1, 0.15) is 10.7 Å². The molecule has 0 spiro atoms. The third-order valence-electron chi connectivity index (χ3n) is 1.81. The van der Waals surface area contributed by atoms with Crippen LogP contribution in [0, 0.1) is 12.7 Å². The summed E-state index contributed by atoms with van der Waals surface area (Å²) in [7, 11) is 0.747. The van der Waals surface area contributed by atoms with E-state index in [2.05, 4.69) is 0 Å². The zero-order chi connectivity index (χ0) is 11.8. The van der Waals surface area contributed by atoms with Crippen molar-refractivity contribution in [2.75, 3.05) is 0 Å². The van der Waals surface area contributed by atoms with Crippen molar-refractivity contribution < 1.29 is 22.7 Å². The van der Waals surface area contributed by atoms with Crippen LogP contribution in [0.15, 0.2) is 17.0 Å². The second kappa shape index (κ2) is 3.79. The molecule has 0 aliphatic carbocycles. The number of hydrogen-bond donors (Lipinski definition) is 1. The van der Waals surface area contributed by atoms with Gasteiger partial charge in [0, 0.05) is 16.2 Å². The summed E-state index contributed by atoms with van der Waals surface area (Å²) < 4.78 is 35.2. The van der Waals surface area contributed by atoms with Crippen molar-refractivity contribution in [3.8, 4) is 0 Å². The molecular weight excluding hydrogens is 247 g/mol. The van der Waals surface area contributed by atoms with E-state index in [4.69, 9.17) is 15.8 Å². The molecule has 1 aromatic rings. The molecule has 0 atom stereocenters. The Labute approximate surface area is 89.7 Å². The number of carboxylic acids is 1. The average Bonchev–Trinajstić information content (AvgIpc) is 2.06. The molecule has 0 radical (unpaired) electrons. The van der Waals surface area contributed by atoms with Crippen LogP contribution >= 0.6 is 10.7 Å². The number of carbonyl (C=O) groups is 1. The van der Waals surface area contributed by atoms with Gasteiger partial charge in [-0.25, -0.2) is 17.6 Å². The lowest BCUT2D eigenvalue weighted by molar-refractivity contribution is 0.0692. The maximum atomic E-state index is 13.0. The van der Waals surface area contributed by atoms with Crippen LogP contribution in [-0.2, 0) is 9.05 Å². The number of aromatic carboxylic acids is 1. The quantitative estimate of drug-likeness (QED) is 0.814. The Hall–Kier alpha value is -1.14. The highest BCUT2D eigenvalue weighted by Gasteiger charge is 2.24. The summed E-state index contributed by atoms with van der Waals surface area (Å²) in [5.74, 6) is -2.29. The Morgan fingerprint density at radius 2 is 2.00 bits per heavy atom. The summed E-state index contributed by atoms with van der Waals surface area (Å²) in [6.45, 7) is 1.15. The van der Waals surface area contributed by atoms with Crippen LogP contribution in [0.4, 0.5) is 4.39 Å². The fourth-order valence-electron chi connectivity index (χ4n) is 1.15. The minimum Gasteiger partial charge on any atom is -0.478 e. The first-order valence-electron chi connectivity index (χ1n) is 3.72. The van der Waals surface area contributed by atoms with Crippen molar-refractivity contribution in [3.63, 3.8) is 0 Å². The maximum absolute atomic E-state index is 13.0. The van der Waals surface area contributed by atoms with Crippen molar-refractivity contribution in [2.24, 2.45) is 0 Å². The van der Waals surface area contributed by atoms with Gasteiger partial charge in [-0.3, -0.25) is 0 Å². The molecule has 1 rings (SSSR count). The molecule has 0 saturated carbocycles. The van der Waals surface area contributed by atoms with Crippen LogP contribution < -0.4 is 0 Å². The molecular formula is C8H6ClFO4S. The lowest BCUT2D eigenvalue weighted by Gasteiger charge is -2.06. The number of benzene rings is 1. The van der Waals surface area contributed by atoms with Crippen molar-refractivity contribution >= 4 is 25.7 Å². The molecule has 0 bridgehead atoms. The second-order valence-corrected chi connectivity index (χ2v) is 5.29. The molecule has 0 saturated heterocycles. The van der Waals surface area contributed by atoms with Gasteiger partial charge in [-0.05, 0) is 19.1 Å². The fourth-order valence-corrected chi connectivity index (χ4v) is 2.63. The number of carboxylic acid groups (broad SMARTS) is 1. The summed E-state index contributed by atoms with van der Waals surface area (Å²) in [5.41, 5.74) is -0.839. The molecule has 0 unspecified atom stereocenters. The first-order valence-corrected chi connectivity index (χ1v) is 6.03. The normalized spacial score (nSPS) is 11.4. The number of rotatable bonds is 2. The summed E-state index contributed by atoms with van der Waals surface area (Å²) in [4.78, 5) is 9.99. The molecule has 0 aliphatic heterocycles. The minimum absolute atomic E-state index is 0.301. The van der Waals surface area contributed by atoms with Crippen molar-refractivity contribution in [3.05, 3.63) is 29.1 Å². The summed E-state index contributed by atoms with van der Waals surface area (Å²) >= 11 is 0. The van der Waals surface area contributed by atoms with E-state index < -0.39 is 31.3 Å². The van der Waals surface area contributed by atoms with E-state index >= 15 is 0 Å². The first kappa shape index (κ1) is 11.9. The summed E-state index contributed by atoms with van der Waals surface area (Å²) in [5, 5.41) is 8.70. The molecule has 82 valence electrons. The zero-order valence-corrected chi connectivity index (χ0v) is 9.06. The van der Waals surface area contributed by atoms with Gasteiger partial charge in [0.2, 0.25) is 0 Å². The Kier molecular flexibility index (Phi) is 3.01. The molecule has 7 heteroatoms. The summed E-state index contributed by atoms with van der Waals surface area (Å²) in [6.07, 6.45) is 0. The van der Waals surface area contributed by atoms with Crippen LogP contribution in [0.3, 0.4) is 0 Å². The maximum Gasteiger partial charge on any atom is 0.337 e.